The second-order valence-electron chi connectivity index (χ2n) is 7.17. The molecule has 3 unspecified atom stereocenters. The van der Waals surface area contributed by atoms with Crippen LogP contribution in [0.5, 0.6) is 0 Å². The molecule has 2 nitrogen and oxygen atoms in total. The van der Waals surface area contributed by atoms with E-state index in [4.69, 9.17) is 0 Å². The molecule has 3 aliphatic carbocycles. The van der Waals surface area contributed by atoms with E-state index in [1.54, 1.807) is 0 Å². The zero-order chi connectivity index (χ0) is 13.3. The monoisotopic (exact) mass is 327 g/mol. The van der Waals surface area contributed by atoms with Crippen LogP contribution in [0.15, 0.2) is 0 Å². The number of nitrogens with one attached hydrogen (secondary N) is 1. The van der Waals surface area contributed by atoms with Gasteiger partial charge in [0.05, 0.1) is 0 Å². The lowest BCUT2D eigenvalue weighted by molar-refractivity contribution is -0.127. The summed E-state index contributed by atoms with van der Waals surface area (Å²) in [5.41, 5.74) is 0.400. The van der Waals surface area contributed by atoms with Crippen LogP contribution < -0.4 is 5.32 Å². The molecule has 3 aliphatic rings. The highest BCUT2D eigenvalue weighted by atomic mass is 79.9. The third-order valence-corrected chi connectivity index (χ3v) is 6.98. The fourth-order valence-corrected chi connectivity index (χ4v) is 4.82. The number of halogens is 1. The standard InChI is InChI=1S/C16H26BrNO/c17-10-16(7-8-16)11-18-15(19)14-6-5-12-3-1-2-4-13(12)9-14/h12-14H,1-11H2,(H,18,19). The van der Waals surface area contributed by atoms with Gasteiger partial charge in [0.1, 0.15) is 0 Å². The molecule has 0 radical (unpaired) electrons. The second-order valence-corrected chi connectivity index (χ2v) is 7.73. The van der Waals surface area contributed by atoms with E-state index in [1.807, 2.05) is 0 Å². The minimum absolute atomic E-state index is 0.311. The molecule has 1 amide bonds. The fraction of sp³-hybridized carbons (Fsp3) is 0.938. The Morgan fingerprint density at radius 3 is 2.53 bits per heavy atom. The highest BCUT2D eigenvalue weighted by Crippen LogP contribution is 2.47. The topological polar surface area (TPSA) is 29.1 Å². The van der Waals surface area contributed by atoms with Crippen LogP contribution in [0.4, 0.5) is 0 Å². The zero-order valence-corrected chi connectivity index (χ0v) is 13.4. The molecule has 0 spiro atoms. The van der Waals surface area contributed by atoms with Crippen molar-refractivity contribution < 1.29 is 4.79 Å². The van der Waals surface area contributed by atoms with Crippen LogP contribution in [-0.2, 0) is 4.79 Å². The van der Waals surface area contributed by atoms with Crippen molar-refractivity contribution in [3.8, 4) is 0 Å². The Labute approximate surface area is 125 Å². The Morgan fingerprint density at radius 2 is 1.84 bits per heavy atom. The lowest BCUT2D eigenvalue weighted by atomic mass is 9.67. The van der Waals surface area contributed by atoms with Crippen molar-refractivity contribution in [1.82, 2.24) is 5.32 Å². The van der Waals surface area contributed by atoms with Crippen molar-refractivity contribution >= 4 is 21.8 Å². The molecule has 3 heteroatoms. The molecule has 0 aromatic heterocycles. The minimum atomic E-state index is 0.311. The molecule has 0 aromatic rings. The Hall–Kier alpha value is -0.0500. The van der Waals surface area contributed by atoms with Gasteiger partial charge < -0.3 is 5.32 Å². The maximum atomic E-state index is 12.3. The summed E-state index contributed by atoms with van der Waals surface area (Å²) >= 11 is 3.57. The van der Waals surface area contributed by atoms with Crippen LogP contribution in [0.3, 0.4) is 0 Å². The van der Waals surface area contributed by atoms with Crippen molar-refractivity contribution in [1.29, 1.82) is 0 Å². The summed E-state index contributed by atoms with van der Waals surface area (Å²) in [5, 5.41) is 4.27. The summed E-state index contributed by atoms with van der Waals surface area (Å²) in [6.07, 6.45) is 11.7. The summed E-state index contributed by atoms with van der Waals surface area (Å²) in [6, 6.07) is 0. The number of amides is 1. The van der Waals surface area contributed by atoms with Crippen LogP contribution in [0.25, 0.3) is 0 Å². The maximum absolute atomic E-state index is 12.3. The lowest BCUT2D eigenvalue weighted by Crippen LogP contribution is -2.39. The van der Waals surface area contributed by atoms with E-state index in [1.165, 1.54) is 44.9 Å². The number of fused-ring (bicyclic) bond motifs is 1. The van der Waals surface area contributed by atoms with Crippen molar-refractivity contribution in [2.75, 3.05) is 11.9 Å². The van der Waals surface area contributed by atoms with Crippen molar-refractivity contribution in [3.05, 3.63) is 0 Å². The van der Waals surface area contributed by atoms with Crippen molar-refractivity contribution in [2.24, 2.45) is 23.2 Å². The first kappa shape index (κ1) is 13.9. The van der Waals surface area contributed by atoms with E-state index in [-0.39, 0.29) is 0 Å². The van der Waals surface area contributed by atoms with E-state index in [0.29, 0.717) is 17.2 Å². The van der Waals surface area contributed by atoms with Gasteiger partial charge in [0, 0.05) is 17.8 Å². The van der Waals surface area contributed by atoms with Gasteiger partial charge in [-0.1, -0.05) is 41.6 Å². The molecular weight excluding hydrogens is 302 g/mol. The highest BCUT2D eigenvalue weighted by Gasteiger charge is 2.42. The molecule has 0 bridgehead atoms. The molecule has 3 fully saturated rings. The minimum Gasteiger partial charge on any atom is -0.355 e. The normalized spacial score (nSPS) is 36.4. The Balaban J connectivity index is 1.47. The molecule has 0 aliphatic heterocycles. The van der Waals surface area contributed by atoms with Crippen LogP contribution in [0.2, 0.25) is 0 Å². The molecular formula is C16H26BrNO. The van der Waals surface area contributed by atoms with E-state index >= 15 is 0 Å². The molecule has 0 aromatic carbocycles. The third kappa shape index (κ3) is 3.17. The van der Waals surface area contributed by atoms with Gasteiger partial charge in [-0.3, -0.25) is 4.79 Å². The number of alkyl halides is 1. The number of rotatable bonds is 4. The number of carbonyl (C=O) groups excluding carboxylic acids is 1. The first-order valence-electron chi connectivity index (χ1n) is 8.06. The Morgan fingerprint density at radius 1 is 1.11 bits per heavy atom. The molecule has 19 heavy (non-hydrogen) atoms. The van der Waals surface area contributed by atoms with Crippen LogP contribution >= 0.6 is 15.9 Å². The van der Waals surface area contributed by atoms with Crippen LogP contribution in [0, 0.1) is 23.2 Å². The third-order valence-electron chi connectivity index (χ3n) is 5.79. The van der Waals surface area contributed by atoms with E-state index in [2.05, 4.69) is 21.2 Å². The van der Waals surface area contributed by atoms with Gasteiger partial charge in [-0.05, 0) is 49.4 Å². The molecule has 0 saturated heterocycles. The quantitative estimate of drug-likeness (QED) is 0.780. The van der Waals surface area contributed by atoms with Gasteiger partial charge in [-0.25, -0.2) is 0 Å². The molecule has 3 atom stereocenters. The maximum Gasteiger partial charge on any atom is 0.223 e. The summed E-state index contributed by atoms with van der Waals surface area (Å²) in [6.45, 7) is 0.891. The van der Waals surface area contributed by atoms with Crippen molar-refractivity contribution in [3.63, 3.8) is 0 Å². The van der Waals surface area contributed by atoms with Gasteiger partial charge in [0.15, 0.2) is 0 Å². The van der Waals surface area contributed by atoms with E-state index in [9.17, 15) is 4.79 Å². The largest absolute Gasteiger partial charge is 0.355 e. The number of hydrogen-bond acceptors (Lipinski definition) is 1. The first-order chi connectivity index (χ1) is 9.22. The molecule has 108 valence electrons. The molecule has 1 N–H and O–H groups in total. The van der Waals surface area contributed by atoms with Crippen LogP contribution in [-0.4, -0.2) is 17.8 Å². The fourth-order valence-electron chi connectivity index (χ4n) is 4.06. The van der Waals surface area contributed by atoms with Gasteiger partial charge in [-0.15, -0.1) is 0 Å². The van der Waals surface area contributed by atoms with Gasteiger partial charge in [-0.2, -0.15) is 0 Å². The SMILES string of the molecule is O=C(NCC1(CBr)CC1)C1CCC2CCCCC2C1. The summed E-state index contributed by atoms with van der Waals surface area (Å²) in [4.78, 5) is 12.3. The Bertz CT molecular complexity index is 340. The lowest BCUT2D eigenvalue weighted by Gasteiger charge is -2.38. The number of hydrogen-bond donors (Lipinski definition) is 1. The number of carbonyl (C=O) groups is 1. The predicted octanol–water partition coefficient (Wildman–Crippen LogP) is 3.88. The van der Waals surface area contributed by atoms with Gasteiger partial charge >= 0.3 is 0 Å². The summed E-state index contributed by atoms with van der Waals surface area (Å²) in [5.74, 6) is 2.45. The molecule has 3 rings (SSSR count). The highest BCUT2D eigenvalue weighted by molar-refractivity contribution is 9.09. The van der Waals surface area contributed by atoms with E-state index < -0.39 is 0 Å². The average Bonchev–Trinajstić information content (AvgIpc) is 3.25. The van der Waals surface area contributed by atoms with Gasteiger partial charge in [0.2, 0.25) is 5.91 Å². The first-order valence-corrected chi connectivity index (χ1v) is 9.18. The molecule has 0 heterocycles. The van der Waals surface area contributed by atoms with E-state index in [0.717, 1.165) is 36.6 Å². The predicted molar refractivity (Wildman–Crippen MR) is 81.3 cm³/mol. The van der Waals surface area contributed by atoms with Crippen molar-refractivity contribution in [2.45, 2.75) is 57.8 Å². The van der Waals surface area contributed by atoms with Crippen LogP contribution in [0.1, 0.15) is 57.8 Å². The summed E-state index contributed by atoms with van der Waals surface area (Å²) < 4.78 is 0. The van der Waals surface area contributed by atoms with Gasteiger partial charge in [0.25, 0.3) is 0 Å². The molecule has 3 saturated carbocycles. The Kier molecular flexibility index (Phi) is 4.21. The average molecular weight is 328 g/mol. The smallest absolute Gasteiger partial charge is 0.223 e. The second kappa shape index (κ2) is 5.75. The summed E-state index contributed by atoms with van der Waals surface area (Å²) in [7, 11) is 0. The zero-order valence-electron chi connectivity index (χ0n) is 11.8.